The van der Waals surface area contributed by atoms with Gasteiger partial charge in [0, 0.05) is 25.9 Å². The SMILES string of the molecule is CCCCCCCCCCCCCCCC(=O)OC1C[CH]NC1. The fourth-order valence-electron chi connectivity index (χ4n) is 3.13. The molecule has 1 aliphatic rings. The third-order valence-corrected chi connectivity index (χ3v) is 4.65. The van der Waals surface area contributed by atoms with Gasteiger partial charge in [-0.15, -0.1) is 0 Å². The van der Waals surface area contributed by atoms with Crippen molar-refractivity contribution in [3.05, 3.63) is 6.54 Å². The Kier molecular flexibility index (Phi) is 13.3. The van der Waals surface area contributed by atoms with Gasteiger partial charge < -0.3 is 10.1 Å². The highest BCUT2D eigenvalue weighted by atomic mass is 16.5. The summed E-state index contributed by atoms with van der Waals surface area (Å²) in [6.07, 6.45) is 18.9. The number of unbranched alkanes of at least 4 members (excludes halogenated alkanes) is 12. The maximum Gasteiger partial charge on any atom is 0.306 e. The predicted molar refractivity (Wildman–Crippen MR) is 97.1 cm³/mol. The van der Waals surface area contributed by atoms with Crippen molar-refractivity contribution in [1.82, 2.24) is 5.32 Å². The van der Waals surface area contributed by atoms with Crippen molar-refractivity contribution in [2.24, 2.45) is 0 Å². The van der Waals surface area contributed by atoms with Crippen LogP contribution in [0.3, 0.4) is 0 Å². The minimum atomic E-state index is -0.0184. The summed E-state index contributed by atoms with van der Waals surface area (Å²) >= 11 is 0. The summed E-state index contributed by atoms with van der Waals surface area (Å²) in [5.74, 6) is -0.0184. The number of carbonyl (C=O) groups excluding carboxylic acids is 1. The first-order valence-corrected chi connectivity index (χ1v) is 10.1. The van der Waals surface area contributed by atoms with Gasteiger partial charge in [0.15, 0.2) is 0 Å². The van der Waals surface area contributed by atoms with Gasteiger partial charge in [-0.2, -0.15) is 0 Å². The van der Waals surface area contributed by atoms with E-state index < -0.39 is 0 Å². The highest BCUT2D eigenvalue weighted by molar-refractivity contribution is 5.69. The van der Waals surface area contributed by atoms with E-state index in [0.717, 1.165) is 19.4 Å². The van der Waals surface area contributed by atoms with Crippen molar-refractivity contribution in [2.75, 3.05) is 6.54 Å². The molecule has 1 unspecified atom stereocenters. The second-order valence-electron chi connectivity index (χ2n) is 6.95. The van der Waals surface area contributed by atoms with Crippen LogP contribution in [0.2, 0.25) is 0 Å². The number of carbonyl (C=O) groups is 1. The average molecular weight is 325 g/mol. The van der Waals surface area contributed by atoms with Gasteiger partial charge >= 0.3 is 5.97 Å². The van der Waals surface area contributed by atoms with Crippen LogP contribution in [-0.4, -0.2) is 18.6 Å². The quantitative estimate of drug-likeness (QED) is 0.318. The summed E-state index contributed by atoms with van der Waals surface area (Å²) < 4.78 is 5.39. The van der Waals surface area contributed by atoms with Gasteiger partial charge in [-0.1, -0.05) is 84.0 Å². The second kappa shape index (κ2) is 15.0. The van der Waals surface area contributed by atoms with Crippen LogP contribution >= 0.6 is 0 Å². The molecule has 1 rings (SSSR count). The van der Waals surface area contributed by atoms with Gasteiger partial charge in [0.05, 0.1) is 0 Å². The number of esters is 1. The Labute approximate surface area is 143 Å². The van der Waals surface area contributed by atoms with E-state index >= 15 is 0 Å². The van der Waals surface area contributed by atoms with Gasteiger partial charge in [0.1, 0.15) is 6.10 Å². The van der Waals surface area contributed by atoms with Crippen molar-refractivity contribution < 1.29 is 9.53 Å². The zero-order valence-corrected chi connectivity index (χ0v) is 15.3. The fraction of sp³-hybridized carbons (Fsp3) is 0.900. The number of hydrogen-bond donors (Lipinski definition) is 1. The van der Waals surface area contributed by atoms with Crippen LogP contribution in [0.4, 0.5) is 0 Å². The average Bonchev–Trinajstić information content (AvgIpc) is 3.04. The van der Waals surface area contributed by atoms with Crippen molar-refractivity contribution in [1.29, 1.82) is 0 Å². The third-order valence-electron chi connectivity index (χ3n) is 4.65. The molecule has 0 amide bonds. The van der Waals surface area contributed by atoms with Crippen LogP contribution in [0.5, 0.6) is 0 Å². The number of hydrogen-bond acceptors (Lipinski definition) is 3. The van der Waals surface area contributed by atoms with Crippen LogP contribution in [0.25, 0.3) is 0 Å². The molecule has 1 aliphatic heterocycles. The van der Waals surface area contributed by atoms with E-state index in [1.807, 2.05) is 6.54 Å². The molecular formula is C20H38NO2. The lowest BCUT2D eigenvalue weighted by atomic mass is 10.0. The molecule has 0 saturated carbocycles. The Morgan fingerprint density at radius 3 is 1.91 bits per heavy atom. The molecule has 3 heteroatoms. The van der Waals surface area contributed by atoms with E-state index in [0.29, 0.717) is 6.42 Å². The molecule has 0 aromatic rings. The van der Waals surface area contributed by atoms with E-state index in [9.17, 15) is 4.79 Å². The number of rotatable bonds is 15. The largest absolute Gasteiger partial charge is 0.461 e. The lowest BCUT2D eigenvalue weighted by Gasteiger charge is -2.10. The fourth-order valence-corrected chi connectivity index (χ4v) is 3.13. The van der Waals surface area contributed by atoms with E-state index in [1.54, 1.807) is 0 Å². The van der Waals surface area contributed by atoms with Crippen LogP contribution in [0, 0.1) is 6.54 Å². The maximum atomic E-state index is 11.6. The lowest BCUT2D eigenvalue weighted by Crippen LogP contribution is -2.20. The maximum absolute atomic E-state index is 11.6. The molecule has 1 atom stereocenters. The van der Waals surface area contributed by atoms with Gasteiger partial charge in [0.2, 0.25) is 0 Å². The molecule has 1 N–H and O–H groups in total. The second-order valence-corrected chi connectivity index (χ2v) is 6.95. The summed E-state index contributed by atoms with van der Waals surface area (Å²) in [4.78, 5) is 11.6. The zero-order valence-electron chi connectivity index (χ0n) is 15.3. The first-order chi connectivity index (χ1) is 11.3. The Hall–Kier alpha value is -0.570. The number of nitrogens with one attached hydrogen (secondary N) is 1. The monoisotopic (exact) mass is 324 g/mol. The standard InChI is InChI=1S/C20H38NO2/c1-2-3-4-5-6-7-8-9-10-11-12-13-14-15-20(22)23-19-16-17-21-18-19/h17,19,21H,2-16,18H2,1H3. The first-order valence-electron chi connectivity index (χ1n) is 10.1. The molecule has 1 heterocycles. The van der Waals surface area contributed by atoms with Crippen LogP contribution in [0.1, 0.15) is 103 Å². The molecule has 0 aliphatic carbocycles. The van der Waals surface area contributed by atoms with Crippen LogP contribution < -0.4 is 5.32 Å². The molecule has 0 bridgehead atoms. The Morgan fingerprint density at radius 2 is 1.43 bits per heavy atom. The predicted octanol–water partition coefficient (Wildman–Crippen LogP) is 5.53. The Bertz CT molecular complexity index is 275. The third kappa shape index (κ3) is 12.5. The summed E-state index contributed by atoms with van der Waals surface area (Å²) in [6, 6.07) is 0. The summed E-state index contributed by atoms with van der Waals surface area (Å²) in [5.41, 5.74) is 0. The summed E-state index contributed by atoms with van der Waals surface area (Å²) in [7, 11) is 0. The van der Waals surface area contributed by atoms with E-state index in [2.05, 4.69) is 12.2 Å². The molecule has 1 fully saturated rings. The molecule has 3 nitrogen and oxygen atoms in total. The molecule has 1 radical (unpaired) electrons. The Morgan fingerprint density at radius 1 is 0.913 bits per heavy atom. The first kappa shape index (κ1) is 20.5. The van der Waals surface area contributed by atoms with Crippen LogP contribution in [-0.2, 0) is 9.53 Å². The van der Waals surface area contributed by atoms with Crippen molar-refractivity contribution in [2.45, 2.75) is 109 Å². The van der Waals surface area contributed by atoms with E-state index in [-0.39, 0.29) is 12.1 Å². The van der Waals surface area contributed by atoms with Crippen molar-refractivity contribution in [3.8, 4) is 0 Å². The number of ether oxygens (including phenoxy) is 1. The van der Waals surface area contributed by atoms with Gasteiger partial charge in [-0.25, -0.2) is 0 Å². The zero-order chi connectivity index (χ0) is 16.6. The summed E-state index contributed by atoms with van der Waals surface area (Å²) in [6.45, 7) is 5.03. The summed E-state index contributed by atoms with van der Waals surface area (Å²) in [5, 5.41) is 3.09. The minimum Gasteiger partial charge on any atom is -0.461 e. The lowest BCUT2D eigenvalue weighted by molar-refractivity contribution is -0.148. The van der Waals surface area contributed by atoms with Crippen molar-refractivity contribution >= 4 is 5.97 Å². The van der Waals surface area contributed by atoms with Crippen molar-refractivity contribution in [3.63, 3.8) is 0 Å². The minimum absolute atomic E-state index is 0.0184. The molecule has 0 spiro atoms. The molecule has 0 aromatic carbocycles. The van der Waals surface area contributed by atoms with E-state index in [1.165, 1.54) is 77.0 Å². The van der Waals surface area contributed by atoms with Gasteiger partial charge in [0.25, 0.3) is 0 Å². The molecule has 1 saturated heterocycles. The highest BCUT2D eigenvalue weighted by Gasteiger charge is 2.18. The molecular weight excluding hydrogens is 286 g/mol. The molecule has 0 aromatic heterocycles. The highest BCUT2D eigenvalue weighted by Crippen LogP contribution is 2.14. The normalized spacial score (nSPS) is 17.5. The van der Waals surface area contributed by atoms with Gasteiger partial charge in [-0.3, -0.25) is 4.79 Å². The van der Waals surface area contributed by atoms with Crippen LogP contribution in [0.15, 0.2) is 0 Å². The topological polar surface area (TPSA) is 38.3 Å². The smallest absolute Gasteiger partial charge is 0.306 e. The Balaban J connectivity index is 1.73. The van der Waals surface area contributed by atoms with E-state index in [4.69, 9.17) is 4.74 Å². The molecule has 23 heavy (non-hydrogen) atoms. The molecule has 135 valence electrons. The van der Waals surface area contributed by atoms with Gasteiger partial charge in [-0.05, 0) is 6.42 Å².